The highest BCUT2D eigenvalue weighted by molar-refractivity contribution is 4.71. The van der Waals surface area contributed by atoms with Crippen LogP contribution in [0.15, 0.2) is 0 Å². The van der Waals surface area contributed by atoms with Crippen molar-refractivity contribution in [3.63, 3.8) is 0 Å². The van der Waals surface area contributed by atoms with Gasteiger partial charge in [0.2, 0.25) is 0 Å². The zero-order valence-corrected chi connectivity index (χ0v) is 6.65. The Kier molecular flexibility index (Phi) is 3.86. The number of halogens is 3. The Hall–Kier alpha value is -0.250. The smallest absolute Gasteiger partial charge is 0.334 e. The highest BCUT2D eigenvalue weighted by Gasteiger charge is 2.40. The molecule has 0 saturated heterocycles. The molecule has 0 amide bonds. The van der Waals surface area contributed by atoms with Gasteiger partial charge in [-0.15, -0.1) is 0 Å². The van der Waals surface area contributed by atoms with Crippen molar-refractivity contribution < 1.29 is 18.3 Å². The van der Waals surface area contributed by atoms with Gasteiger partial charge in [-0.05, 0) is 12.3 Å². The van der Waals surface area contributed by atoms with Crippen molar-refractivity contribution in [2.24, 2.45) is 5.92 Å². The predicted octanol–water partition coefficient (Wildman–Crippen LogP) is 2.35. The molecular formula is C7H13F3O. The van der Waals surface area contributed by atoms with Gasteiger partial charge in [0, 0.05) is 0 Å². The molecule has 0 aromatic rings. The fourth-order valence-electron chi connectivity index (χ4n) is 0.944. The number of hydrogen-bond donors (Lipinski definition) is 1. The molecule has 0 bridgehead atoms. The summed E-state index contributed by atoms with van der Waals surface area (Å²) in [7, 11) is 0. The molecule has 0 fully saturated rings. The van der Waals surface area contributed by atoms with Gasteiger partial charge in [0.25, 0.3) is 0 Å². The second-order valence-electron chi connectivity index (χ2n) is 2.76. The first-order valence-corrected chi connectivity index (χ1v) is 3.63. The second kappa shape index (κ2) is 3.95. The van der Waals surface area contributed by atoms with Gasteiger partial charge >= 0.3 is 6.11 Å². The van der Waals surface area contributed by atoms with E-state index in [2.05, 4.69) is 0 Å². The Bertz CT molecular complexity index is 111. The van der Waals surface area contributed by atoms with Gasteiger partial charge < -0.3 is 5.11 Å². The molecule has 0 aromatic carbocycles. The van der Waals surface area contributed by atoms with Crippen LogP contribution >= 0.6 is 0 Å². The molecule has 0 spiro atoms. The Morgan fingerprint density at radius 1 is 1.45 bits per heavy atom. The number of rotatable bonds is 4. The lowest BCUT2D eigenvalue weighted by atomic mass is 10.00. The van der Waals surface area contributed by atoms with E-state index in [0.29, 0.717) is 12.8 Å². The van der Waals surface area contributed by atoms with Crippen LogP contribution in [0.25, 0.3) is 0 Å². The van der Waals surface area contributed by atoms with Gasteiger partial charge in [-0.25, -0.2) is 4.39 Å². The Morgan fingerprint density at radius 2 is 1.91 bits per heavy atom. The molecular weight excluding hydrogens is 157 g/mol. The summed E-state index contributed by atoms with van der Waals surface area (Å²) < 4.78 is 36.2. The minimum atomic E-state index is -4.19. The predicted molar refractivity (Wildman–Crippen MR) is 36.1 cm³/mol. The molecule has 2 atom stereocenters. The molecule has 1 nitrogen and oxygen atoms in total. The second-order valence-corrected chi connectivity index (χ2v) is 2.76. The average molecular weight is 170 g/mol. The minimum Gasteiger partial charge on any atom is -0.334 e. The first-order chi connectivity index (χ1) is 4.89. The van der Waals surface area contributed by atoms with Crippen LogP contribution in [0, 0.1) is 5.92 Å². The van der Waals surface area contributed by atoms with E-state index >= 15 is 0 Å². The van der Waals surface area contributed by atoms with Crippen molar-refractivity contribution in [3.05, 3.63) is 0 Å². The summed E-state index contributed by atoms with van der Waals surface area (Å²) in [6, 6.07) is 0. The third-order valence-electron chi connectivity index (χ3n) is 1.58. The molecule has 0 aromatic heterocycles. The van der Waals surface area contributed by atoms with Crippen molar-refractivity contribution in [1.29, 1.82) is 0 Å². The fourth-order valence-corrected chi connectivity index (χ4v) is 0.944. The molecule has 2 unspecified atom stereocenters. The Morgan fingerprint density at radius 3 is 2.18 bits per heavy atom. The van der Waals surface area contributed by atoms with Crippen LogP contribution in [0.4, 0.5) is 13.2 Å². The van der Waals surface area contributed by atoms with Crippen LogP contribution in [-0.4, -0.2) is 17.4 Å². The standard InChI is InChI=1S/C7H13F3O/c1-3-4-5(2)6(8)7(9,10)11/h5-6,11H,3-4H2,1-2H3. The van der Waals surface area contributed by atoms with E-state index in [1.54, 1.807) is 6.92 Å². The molecule has 1 N–H and O–H groups in total. The maximum absolute atomic E-state index is 12.5. The molecule has 11 heavy (non-hydrogen) atoms. The molecule has 0 heterocycles. The van der Waals surface area contributed by atoms with E-state index in [9.17, 15) is 13.2 Å². The van der Waals surface area contributed by atoms with Crippen LogP contribution in [0.5, 0.6) is 0 Å². The molecule has 0 aliphatic rings. The highest BCUT2D eigenvalue weighted by atomic mass is 19.3. The van der Waals surface area contributed by atoms with Crippen LogP contribution < -0.4 is 0 Å². The van der Waals surface area contributed by atoms with Crippen LogP contribution in [0.3, 0.4) is 0 Å². The molecule has 0 aliphatic carbocycles. The first-order valence-electron chi connectivity index (χ1n) is 3.63. The summed E-state index contributed by atoms with van der Waals surface area (Å²) in [4.78, 5) is 0. The lowest BCUT2D eigenvalue weighted by molar-refractivity contribution is -0.250. The third kappa shape index (κ3) is 3.60. The van der Waals surface area contributed by atoms with Gasteiger partial charge in [-0.3, -0.25) is 0 Å². The van der Waals surface area contributed by atoms with E-state index < -0.39 is 18.2 Å². The summed E-state index contributed by atoms with van der Waals surface area (Å²) in [6.07, 6.45) is -5.63. The molecule has 4 heteroatoms. The summed E-state index contributed by atoms with van der Waals surface area (Å²) in [5.74, 6) is -0.792. The SMILES string of the molecule is CCCC(C)C(F)C(O)(F)F. The van der Waals surface area contributed by atoms with Gasteiger partial charge in [0.05, 0.1) is 0 Å². The summed E-state index contributed by atoms with van der Waals surface area (Å²) >= 11 is 0. The van der Waals surface area contributed by atoms with E-state index in [0.717, 1.165) is 0 Å². The lowest BCUT2D eigenvalue weighted by Crippen LogP contribution is -2.34. The number of hydrogen-bond acceptors (Lipinski definition) is 1. The molecule has 0 rings (SSSR count). The van der Waals surface area contributed by atoms with E-state index in [1.807, 2.05) is 0 Å². The normalized spacial score (nSPS) is 18.0. The maximum atomic E-state index is 12.5. The van der Waals surface area contributed by atoms with E-state index in [-0.39, 0.29) is 0 Å². The monoisotopic (exact) mass is 170 g/mol. The summed E-state index contributed by atoms with van der Waals surface area (Å²) in [5, 5.41) is 7.97. The van der Waals surface area contributed by atoms with Gasteiger partial charge in [-0.1, -0.05) is 20.3 Å². The lowest BCUT2D eigenvalue weighted by Gasteiger charge is -2.19. The van der Waals surface area contributed by atoms with E-state index in [4.69, 9.17) is 5.11 Å². The van der Waals surface area contributed by atoms with Crippen molar-refractivity contribution in [2.45, 2.75) is 39.0 Å². The summed E-state index contributed by atoms with van der Waals surface area (Å²) in [5.41, 5.74) is 0. The molecule has 68 valence electrons. The van der Waals surface area contributed by atoms with Crippen molar-refractivity contribution in [3.8, 4) is 0 Å². The average Bonchev–Trinajstić information content (AvgIpc) is 1.85. The third-order valence-corrected chi connectivity index (χ3v) is 1.58. The topological polar surface area (TPSA) is 20.2 Å². The van der Waals surface area contributed by atoms with Crippen LogP contribution in [-0.2, 0) is 0 Å². The highest BCUT2D eigenvalue weighted by Crippen LogP contribution is 2.26. The van der Waals surface area contributed by atoms with Gasteiger partial charge in [0.1, 0.15) is 0 Å². The largest absolute Gasteiger partial charge is 0.384 e. The van der Waals surface area contributed by atoms with Crippen LogP contribution in [0.1, 0.15) is 26.7 Å². The van der Waals surface area contributed by atoms with Gasteiger partial charge in [-0.2, -0.15) is 8.78 Å². The Labute approximate surface area is 64.2 Å². The zero-order chi connectivity index (χ0) is 9.07. The quantitative estimate of drug-likeness (QED) is 0.686. The van der Waals surface area contributed by atoms with Crippen LogP contribution in [0.2, 0.25) is 0 Å². The molecule has 0 aliphatic heterocycles. The fraction of sp³-hybridized carbons (Fsp3) is 1.00. The Balaban J connectivity index is 3.91. The van der Waals surface area contributed by atoms with Crippen molar-refractivity contribution in [1.82, 2.24) is 0 Å². The first kappa shape index (κ1) is 10.8. The van der Waals surface area contributed by atoms with Crippen molar-refractivity contribution >= 4 is 0 Å². The summed E-state index contributed by atoms with van der Waals surface area (Å²) in [6.45, 7) is 3.14. The molecule has 0 saturated carbocycles. The minimum absolute atomic E-state index is 0.358. The maximum Gasteiger partial charge on any atom is 0.384 e. The number of alkyl halides is 3. The molecule has 0 radical (unpaired) electrons. The van der Waals surface area contributed by atoms with Crippen molar-refractivity contribution in [2.75, 3.05) is 0 Å². The zero-order valence-electron chi connectivity index (χ0n) is 6.65. The van der Waals surface area contributed by atoms with E-state index in [1.165, 1.54) is 6.92 Å². The van der Waals surface area contributed by atoms with Gasteiger partial charge in [0.15, 0.2) is 6.17 Å². The number of aliphatic hydroxyl groups is 1.